The molecule has 0 aliphatic rings. The van der Waals surface area contributed by atoms with Crippen molar-refractivity contribution in [3.8, 4) is 0 Å². The second kappa shape index (κ2) is 6.02. The average molecular weight is 295 g/mol. The zero-order chi connectivity index (χ0) is 14.6. The van der Waals surface area contributed by atoms with Crippen molar-refractivity contribution in [3.63, 3.8) is 0 Å². The third-order valence-electron chi connectivity index (χ3n) is 2.91. The summed E-state index contributed by atoms with van der Waals surface area (Å²) >= 11 is 0. The summed E-state index contributed by atoms with van der Waals surface area (Å²) < 4.78 is 28.8. The van der Waals surface area contributed by atoms with Gasteiger partial charge >= 0.3 is 0 Å². The van der Waals surface area contributed by atoms with E-state index in [0.717, 1.165) is 5.82 Å². The van der Waals surface area contributed by atoms with Gasteiger partial charge in [0.25, 0.3) is 0 Å². The molecule has 2 aromatic rings. The lowest BCUT2D eigenvalue weighted by atomic mass is 10.4. The van der Waals surface area contributed by atoms with E-state index in [1.807, 2.05) is 17.8 Å². The van der Waals surface area contributed by atoms with E-state index in [-0.39, 0.29) is 11.4 Å². The first-order chi connectivity index (χ1) is 9.54. The number of sulfonamides is 1. The van der Waals surface area contributed by atoms with Gasteiger partial charge in [-0.1, -0.05) is 0 Å². The molecule has 0 bridgehead atoms. The van der Waals surface area contributed by atoms with Gasteiger partial charge in [0.1, 0.15) is 10.7 Å². The summed E-state index contributed by atoms with van der Waals surface area (Å²) in [5, 5.41) is 2.84. The summed E-state index contributed by atoms with van der Waals surface area (Å²) in [6, 6.07) is 1.62. The molecule has 0 saturated carbocycles. The van der Waals surface area contributed by atoms with E-state index in [2.05, 4.69) is 20.0 Å². The Hall–Kier alpha value is -1.93. The quantitative estimate of drug-likeness (QED) is 0.804. The zero-order valence-electron chi connectivity index (χ0n) is 11.4. The zero-order valence-corrected chi connectivity index (χ0v) is 12.2. The second-order valence-corrected chi connectivity index (χ2v) is 5.96. The molecule has 20 heavy (non-hydrogen) atoms. The van der Waals surface area contributed by atoms with Crippen LogP contribution in [0.2, 0.25) is 0 Å². The molecule has 0 saturated heterocycles. The molecular formula is C12H17N5O2S. The fraction of sp³-hybridized carbons (Fsp3) is 0.333. The number of pyridine rings is 1. The highest BCUT2D eigenvalue weighted by molar-refractivity contribution is 7.89. The fourth-order valence-corrected chi connectivity index (χ4v) is 3.00. The molecule has 0 aromatic carbocycles. The molecule has 0 fully saturated rings. The van der Waals surface area contributed by atoms with Crippen LogP contribution in [0.3, 0.4) is 0 Å². The summed E-state index contributed by atoms with van der Waals surface area (Å²) in [5.41, 5.74) is 0.518. The van der Waals surface area contributed by atoms with Gasteiger partial charge in [-0.3, -0.25) is 4.98 Å². The normalized spacial score (nSPS) is 11.5. The van der Waals surface area contributed by atoms with E-state index >= 15 is 0 Å². The Bertz CT molecular complexity index is 681. The van der Waals surface area contributed by atoms with Crippen LogP contribution in [0.5, 0.6) is 0 Å². The number of aryl methyl sites for hydroxylation is 1. The van der Waals surface area contributed by atoms with Gasteiger partial charge in [-0.05, 0) is 6.07 Å². The lowest BCUT2D eigenvalue weighted by Gasteiger charge is -2.10. The van der Waals surface area contributed by atoms with Gasteiger partial charge in [-0.2, -0.15) is 0 Å². The van der Waals surface area contributed by atoms with Gasteiger partial charge in [0, 0.05) is 51.8 Å². The molecule has 0 amide bonds. The van der Waals surface area contributed by atoms with Crippen molar-refractivity contribution in [1.29, 1.82) is 0 Å². The van der Waals surface area contributed by atoms with Crippen molar-refractivity contribution in [2.24, 2.45) is 7.05 Å². The Balaban J connectivity index is 2.06. The standard InChI is InChI=1S/C12H17N5O2S/c1-13-10-3-5-14-9-11(10)20(18,19)16-6-4-12-15-7-8-17(12)2/h3,5,7-9,16H,4,6H2,1-2H3,(H,13,14). The van der Waals surface area contributed by atoms with Crippen molar-refractivity contribution >= 4 is 15.7 Å². The van der Waals surface area contributed by atoms with Crippen molar-refractivity contribution in [2.75, 3.05) is 18.9 Å². The number of hydrogen-bond acceptors (Lipinski definition) is 5. The van der Waals surface area contributed by atoms with E-state index in [1.165, 1.54) is 6.20 Å². The number of aromatic nitrogens is 3. The molecule has 0 unspecified atom stereocenters. The highest BCUT2D eigenvalue weighted by Gasteiger charge is 2.17. The third kappa shape index (κ3) is 3.14. The number of nitrogens with zero attached hydrogens (tertiary/aromatic N) is 3. The molecule has 0 aliphatic heterocycles. The van der Waals surface area contributed by atoms with Crippen molar-refractivity contribution in [3.05, 3.63) is 36.7 Å². The number of hydrogen-bond donors (Lipinski definition) is 2. The minimum absolute atomic E-state index is 0.141. The maximum atomic E-state index is 12.2. The minimum Gasteiger partial charge on any atom is -0.387 e. The first kappa shape index (κ1) is 14.5. The number of rotatable bonds is 6. The SMILES string of the molecule is CNc1ccncc1S(=O)(=O)NCCc1nccn1C. The molecule has 0 spiro atoms. The monoisotopic (exact) mass is 295 g/mol. The Morgan fingerprint density at radius 1 is 1.35 bits per heavy atom. The molecule has 2 heterocycles. The molecule has 0 atom stereocenters. The third-order valence-corrected chi connectivity index (χ3v) is 4.39. The van der Waals surface area contributed by atoms with Gasteiger partial charge in [0.05, 0.1) is 5.69 Å². The minimum atomic E-state index is -3.58. The van der Waals surface area contributed by atoms with Crippen molar-refractivity contribution in [1.82, 2.24) is 19.3 Å². The first-order valence-electron chi connectivity index (χ1n) is 6.12. The highest BCUT2D eigenvalue weighted by Crippen LogP contribution is 2.18. The van der Waals surface area contributed by atoms with Crippen LogP contribution in [0.25, 0.3) is 0 Å². The van der Waals surface area contributed by atoms with Crippen molar-refractivity contribution in [2.45, 2.75) is 11.3 Å². The highest BCUT2D eigenvalue weighted by atomic mass is 32.2. The average Bonchev–Trinajstić information content (AvgIpc) is 2.84. The maximum Gasteiger partial charge on any atom is 0.244 e. The van der Waals surface area contributed by atoms with Crippen LogP contribution in [0.4, 0.5) is 5.69 Å². The molecule has 7 nitrogen and oxygen atoms in total. The van der Waals surface area contributed by atoms with Crippen LogP contribution in [0.15, 0.2) is 35.7 Å². The predicted molar refractivity (Wildman–Crippen MR) is 75.9 cm³/mol. The van der Waals surface area contributed by atoms with Gasteiger partial charge in [0.15, 0.2) is 0 Å². The van der Waals surface area contributed by atoms with Gasteiger partial charge in [0.2, 0.25) is 10.0 Å². The Labute approximate surface area is 118 Å². The van der Waals surface area contributed by atoms with E-state index < -0.39 is 10.0 Å². The summed E-state index contributed by atoms with van der Waals surface area (Å²) in [6.45, 7) is 0.283. The molecule has 2 N–H and O–H groups in total. The van der Waals surface area contributed by atoms with Crippen LogP contribution in [0.1, 0.15) is 5.82 Å². The topological polar surface area (TPSA) is 88.9 Å². The van der Waals surface area contributed by atoms with Crippen LogP contribution in [0, 0.1) is 0 Å². The molecule has 0 radical (unpaired) electrons. The Morgan fingerprint density at radius 2 is 2.15 bits per heavy atom. The summed E-state index contributed by atoms with van der Waals surface area (Å²) in [5.74, 6) is 0.827. The largest absolute Gasteiger partial charge is 0.387 e. The van der Waals surface area contributed by atoms with Crippen LogP contribution in [-0.2, 0) is 23.5 Å². The predicted octanol–water partition coefficient (Wildman–Crippen LogP) is 0.378. The van der Waals surface area contributed by atoms with E-state index in [4.69, 9.17) is 0 Å². The Morgan fingerprint density at radius 3 is 2.80 bits per heavy atom. The Kier molecular flexibility index (Phi) is 4.35. The maximum absolute atomic E-state index is 12.2. The van der Waals surface area contributed by atoms with Crippen molar-refractivity contribution < 1.29 is 8.42 Å². The number of nitrogens with one attached hydrogen (secondary N) is 2. The summed E-state index contributed by atoms with van der Waals surface area (Å²) in [6.07, 6.45) is 6.90. The molecule has 108 valence electrons. The smallest absolute Gasteiger partial charge is 0.244 e. The molecule has 2 aromatic heterocycles. The van der Waals surface area contributed by atoms with Crippen LogP contribution >= 0.6 is 0 Å². The number of imidazole rings is 1. The van der Waals surface area contributed by atoms with Gasteiger partial charge in [-0.25, -0.2) is 18.1 Å². The van der Waals surface area contributed by atoms with Gasteiger partial charge in [-0.15, -0.1) is 0 Å². The van der Waals surface area contributed by atoms with Crippen LogP contribution < -0.4 is 10.0 Å². The lowest BCUT2D eigenvalue weighted by Crippen LogP contribution is -2.27. The molecule has 2 rings (SSSR count). The van der Waals surface area contributed by atoms with E-state index in [0.29, 0.717) is 12.1 Å². The second-order valence-electron chi connectivity index (χ2n) is 4.22. The van der Waals surface area contributed by atoms with Crippen LogP contribution in [-0.4, -0.2) is 36.5 Å². The summed E-state index contributed by atoms with van der Waals surface area (Å²) in [7, 11) is -0.0402. The van der Waals surface area contributed by atoms with E-state index in [1.54, 1.807) is 25.5 Å². The summed E-state index contributed by atoms with van der Waals surface area (Å²) in [4.78, 5) is 8.14. The lowest BCUT2D eigenvalue weighted by molar-refractivity contribution is 0.580. The van der Waals surface area contributed by atoms with Gasteiger partial charge < -0.3 is 9.88 Å². The van der Waals surface area contributed by atoms with E-state index in [9.17, 15) is 8.42 Å². The fourth-order valence-electron chi connectivity index (χ4n) is 1.81. The molecule has 8 heteroatoms. The number of anilines is 1. The molecular weight excluding hydrogens is 278 g/mol. The first-order valence-corrected chi connectivity index (χ1v) is 7.60. The molecule has 0 aliphatic carbocycles.